The maximum absolute atomic E-state index is 9.46. The first-order chi connectivity index (χ1) is 6.20. The minimum Gasteiger partial charge on any atom is -0.392 e. The van der Waals surface area contributed by atoms with Crippen LogP contribution in [0.2, 0.25) is 0 Å². The summed E-state index contributed by atoms with van der Waals surface area (Å²) in [7, 11) is 0. The molecule has 0 bridgehead atoms. The summed E-state index contributed by atoms with van der Waals surface area (Å²) in [6.45, 7) is 13.4. The Hall–Kier alpha value is -0.820. The van der Waals surface area contributed by atoms with Gasteiger partial charge in [-0.3, -0.25) is 0 Å². The third-order valence-electron chi connectivity index (χ3n) is 2.33. The quantitative estimate of drug-likeness (QED) is 0.692. The second-order valence-corrected chi connectivity index (χ2v) is 2.95. The predicted molar refractivity (Wildman–Crippen MR) is 58.6 cm³/mol. The lowest BCUT2D eigenvalue weighted by molar-refractivity contribution is 0.148. The third-order valence-corrected chi connectivity index (χ3v) is 2.33. The molecule has 1 aliphatic carbocycles. The first kappa shape index (κ1) is 12.2. The molecule has 0 saturated heterocycles. The number of rotatable bonds is 2. The first-order valence-corrected chi connectivity index (χ1v) is 4.86. The van der Waals surface area contributed by atoms with E-state index >= 15 is 0 Å². The Morgan fingerprint density at radius 2 is 1.85 bits per heavy atom. The van der Waals surface area contributed by atoms with Crippen LogP contribution in [-0.2, 0) is 0 Å². The SMILES string of the molecule is C=CC1=C(C=C)C(C)C(O)C1.CC. The molecule has 0 aliphatic heterocycles. The van der Waals surface area contributed by atoms with Crippen LogP contribution < -0.4 is 0 Å². The second-order valence-electron chi connectivity index (χ2n) is 2.95. The molecular formula is C12H20O. The lowest BCUT2D eigenvalue weighted by atomic mass is 10.0. The Kier molecular flexibility index (Phi) is 5.40. The van der Waals surface area contributed by atoms with Gasteiger partial charge in [0.1, 0.15) is 0 Å². The zero-order valence-corrected chi connectivity index (χ0v) is 8.88. The van der Waals surface area contributed by atoms with Crippen molar-refractivity contribution in [1.82, 2.24) is 0 Å². The zero-order chi connectivity index (χ0) is 10.4. The molecule has 0 fully saturated rings. The third kappa shape index (κ3) is 2.56. The molecule has 0 heterocycles. The zero-order valence-electron chi connectivity index (χ0n) is 8.88. The van der Waals surface area contributed by atoms with Gasteiger partial charge in [0.2, 0.25) is 0 Å². The van der Waals surface area contributed by atoms with E-state index in [-0.39, 0.29) is 12.0 Å². The molecule has 0 radical (unpaired) electrons. The average Bonchev–Trinajstić information content (AvgIpc) is 2.46. The number of hydrogen-bond acceptors (Lipinski definition) is 1. The summed E-state index contributed by atoms with van der Waals surface area (Å²) in [5, 5.41) is 9.46. The van der Waals surface area contributed by atoms with Crippen LogP contribution in [0, 0.1) is 5.92 Å². The molecule has 1 rings (SSSR count). The summed E-state index contributed by atoms with van der Waals surface area (Å²) < 4.78 is 0. The van der Waals surface area contributed by atoms with E-state index in [0.29, 0.717) is 0 Å². The molecule has 1 aliphatic rings. The summed E-state index contributed by atoms with van der Waals surface area (Å²) in [6, 6.07) is 0. The fraction of sp³-hybridized carbons (Fsp3) is 0.500. The highest BCUT2D eigenvalue weighted by atomic mass is 16.3. The van der Waals surface area contributed by atoms with E-state index < -0.39 is 0 Å². The smallest absolute Gasteiger partial charge is 0.0646 e. The fourth-order valence-electron chi connectivity index (χ4n) is 1.54. The van der Waals surface area contributed by atoms with Crippen LogP contribution in [0.15, 0.2) is 36.5 Å². The number of allylic oxidation sites excluding steroid dienone is 2. The molecule has 0 spiro atoms. The van der Waals surface area contributed by atoms with E-state index in [1.165, 1.54) is 0 Å². The highest BCUT2D eigenvalue weighted by Crippen LogP contribution is 2.32. The van der Waals surface area contributed by atoms with Crippen molar-refractivity contribution < 1.29 is 5.11 Å². The van der Waals surface area contributed by atoms with Crippen LogP contribution >= 0.6 is 0 Å². The molecule has 13 heavy (non-hydrogen) atoms. The van der Waals surface area contributed by atoms with Gasteiger partial charge in [-0.25, -0.2) is 0 Å². The molecule has 0 saturated carbocycles. The van der Waals surface area contributed by atoms with Crippen molar-refractivity contribution in [1.29, 1.82) is 0 Å². The maximum Gasteiger partial charge on any atom is 0.0646 e. The van der Waals surface area contributed by atoms with Gasteiger partial charge in [0.25, 0.3) is 0 Å². The molecule has 0 amide bonds. The number of aliphatic hydroxyl groups excluding tert-OH is 1. The van der Waals surface area contributed by atoms with E-state index in [1.807, 2.05) is 32.9 Å². The molecule has 74 valence electrons. The van der Waals surface area contributed by atoms with E-state index in [2.05, 4.69) is 13.2 Å². The minimum absolute atomic E-state index is 0.223. The lowest BCUT2D eigenvalue weighted by Crippen LogP contribution is -2.11. The van der Waals surface area contributed by atoms with Gasteiger partial charge >= 0.3 is 0 Å². The van der Waals surface area contributed by atoms with Crippen LogP contribution in [-0.4, -0.2) is 11.2 Å². The lowest BCUT2D eigenvalue weighted by Gasteiger charge is -2.09. The second kappa shape index (κ2) is 5.76. The molecule has 0 aromatic rings. The molecule has 0 aromatic heterocycles. The summed E-state index contributed by atoms with van der Waals surface area (Å²) in [5.41, 5.74) is 2.28. The van der Waals surface area contributed by atoms with Gasteiger partial charge in [-0.2, -0.15) is 0 Å². The Morgan fingerprint density at radius 3 is 2.15 bits per heavy atom. The largest absolute Gasteiger partial charge is 0.392 e. The monoisotopic (exact) mass is 180 g/mol. The molecule has 2 atom stereocenters. The Labute approximate surface area is 81.5 Å². The molecule has 0 aromatic carbocycles. The van der Waals surface area contributed by atoms with Gasteiger partial charge in [-0.1, -0.05) is 46.1 Å². The van der Waals surface area contributed by atoms with Gasteiger partial charge in [0, 0.05) is 5.92 Å². The fourth-order valence-corrected chi connectivity index (χ4v) is 1.54. The highest BCUT2D eigenvalue weighted by Gasteiger charge is 2.26. The molecule has 1 heteroatoms. The molecular weight excluding hydrogens is 160 g/mol. The molecule has 2 unspecified atom stereocenters. The topological polar surface area (TPSA) is 20.2 Å². The van der Waals surface area contributed by atoms with Gasteiger partial charge in [0.05, 0.1) is 6.10 Å². The van der Waals surface area contributed by atoms with Crippen molar-refractivity contribution >= 4 is 0 Å². The van der Waals surface area contributed by atoms with E-state index in [1.54, 1.807) is 0 Å². The van der Waals surface area contributed by atoms with Gasteiger partial charge < -0.3 is 5.11 Å². The van der Waals surface area contributed by atoms with E-state index in [0.717, 1.165) is 17.6 Å². The van der Waals surface area contributed by atoms with Crippen molar-refractivity contribution in [3.8, 4) is 0 Å². The number of hydrogen-bond donors (Lipinski definition) is 1. The van der Waals surface area contributed by atoms with Crippen molar-refractivity contribution in [3.63, 3.8) is 0 Å². The van der Waals surface area contributed by atoms with Crippen LogP contribution in [0.4, 0.5) is 0 Å². The summed E-state index contributed by atoms with van der Waals surface area (Å²) in [5.74, 6) is 0.223. The Balaban J connectivity index is 0.000000671. The van der Waals surface area contributed by atoms with E-state index in [9.17, 15) is 5.11 Å². The van der Waals surface area contributed by atoms with E-state index in [4.69, 9.17) is 0 Å². The normalized spacial score (nSPS) is 26.5. The van der Waals surface area contributed by atoms with Crippen LogP contribution in [0.25, 0.3) is 0 Å². The van der Waals surface area contributed by atoms with Crippen molar-refractivity contribution in [3.05, 3.63) is 36.5 Å². The standard InChI is InChI=1S/C10H14O.C2H6/c1-4-8-6-10(11)7(3)9(8)5-2;1-2/h4-5,7,10-11H,1-2,6H2,3H3;1-2H3. The van der Waals surface area contributed by atoms with Gasteiger partial charge in [0.15, 0.2) is 0 Å². The van der Waals surface area contributed by atoms with Crippen LogP contribution in [0.5, 0.6) is 0 Å². The van der Waals surface area contributed by atoms with Gasteiger partial charge in [-0.15, -0.1) is 0 Å². The highest BCUT2D eigenvalue weighted by molar-refractivity contribution is 5.38. The minimum atomic E-state index is -0.240. The van der Waals surface area contributed by atoms with Crippen LogP contribution in [0.1, 0.15) is 27.2 Å². The molecule has 1 nitrogen and oxygen atoms in total. The first-order valence-electron chi connectivity index (χ1n) is 4.86. The van der Waals surface area contributed by atoms with Crippen molar-refractivity contribution in [2.75, 3.05) is 0 Å². The summed E-state index contributed by atoms with van der Waals surface area (Å²) in [6.07, 6.45) is 4.11. The number of aliphatic hydroxyl groups is 1. The Bertz CT molecular complexity index is 213. The van der Waals surface area contributed by atoms with Gasteiger partial charge in [-0.05, 0) is 17.6 Å². The van der Waals surface area contributed by atoms with Crippen molar-refractivity contribution in [2.45, 2.75) is 33.3 Å². The average molecular weight is 180 g/mol. The summed E-state index contributed by atoms with van der Waals surface area (Å²) >= 11 is 0. The maximum atomic E-state index is 9.46. The predicted octanol–water partition coefficient (Wildman–Crippen LogP) is 3.08. The molecule has 1 N–H and O–H groups in total. The van der Waals surface area contributed by atoms with Crippen molar-refractivity contribution in [2.24, 2.45) is 5.92 Å². The Morgan fingerprint density at radius 1 is 1.31 bits per heavy atom. The van der Waals surface area contributed by atoms with Crippen LogP contribution in [0.3, 0.4) is 0 Å². The summed E-state index contributed by atoms with van der Waals surface area (Å²) in [4.78, 5) is 0.